The van der Waals surface area contributed by atoms with Crippen molar-refractivity contribution >= 4 is 40.1 Å². The molecule has 0 saturated heterocycles. The summed E-state index contributed by atoms with van der Waals surface area (Å²) in [6.07, 6.45) is 7.04. The molecular weight excluding hydrogens is 346 g/mol. The second kappa shape index (κ2) is 9.07. The number of anilines is 1. The highest BCUT2D eigenvalue weighted by atomic mass is 32.2. The molecule has 2 aromatic rings. The number of nitrogens with zero attached hydrogens (tertiary/aromatic N) is 4. The van der Waals surface area contributed by atoms with E-state index in [1.165, 1.54) is 5.56 Å². The monoisotopic (exact) mass is 373 g/mol. The van der Waals surface area contributed by atoms with E-state index in [9.17, 15) is 0 Å². The van der Waals surface area contributed by atoms with Crippen molar-refractivity contribution in [3.05, 3.63) is 23.8 Å². The minimum absolute atomic E-state index is 0.331. The minimum atomic E-state index is 0.331. The number of aliphatic imine (C=N–C) groups is 1. The first kappa shape index (κ1) is 18.8. The number of rotatable bonds is 8. The zero-order valence-corrected chi connectivity index (χ0v) is 16.3. The summed E-state index contributed by atoms with van der Waals surface area (Å²) in [4.78, 5) is 14.3. The third-order valence-electron chi connectivity index (χ3n) is 4.21. The number of imidazole rings is 1. The summed E-state index contributed by atoms with van der Waals surface area (Å²) < 4.78 is 1.99. The fourth-order valence-corrected chi connectivity index (χ4v) is 3.93. The Morgan fingerprint density at radius 1 is 1.42 bits per heavy atom. The molecule has 2 N–H and O–H groups in total. The Kier molecular flexibility index (Phi) is 6.55. The molecule has 0 saturated carbocycles. The lowest BCUT2D eigenvalue weighted by Gasteiger charge is -2.06. The van der Waals surface area contributed by atoms with Gasteiger partial charge >= 0.3 is 0 Å². The second-order valence-electron chi connectivity index (χ2n) is 6.57. The molecule has 0 amide bonds. The van der Waals surface area contributed by atoms with Gasteiger partial charge in [-0.1, -0.05) is 29.9 Å². The van der Waals surface area contributed by atoms with Crippen LogP contribution in [-0.4, -0.2) is 39.3 Å². The van der Waals surface area contributed by atoms with Gasteiger partial charge in [-0.25, -0.2) is 4.98 Å². The topological polar surface area (TPSA) is 77.8 Å². The van der Waals surface area contributed by atoms with Crippen molar-refractivity contribution in [2.45, 2.75) is 52.0 Å². The van der Waals surface area contributed by atoms with Crippen LogP contribution in [0.4, 0.5) is 5.95 Å². The van der Waals surface area contributed by atoms with Crippen LogP contribution < -0.4 is 5.73 Å². The van der Waals surface area contributed by atoms with Crippen LogP contribution >= 0.6 is 11.8 Å². The van der Waals surface area contributed by atoms with Gasteiger partial charge in [0, 0.05) is 12.0 Å². The quantitative estimate of drug-likeness (QED) is 0.429. The molecule has 0 bridgehead atoms. The largest absolute Gasteiger partial charge is 0.396 e. The highest BCUT2D eigenvalue weighted by Crippen LogP contribution is 2.27. The zero-order chi connectivity index (χ0) is 18.4. The molecule has 6 nitrogen and oxygen atoms in total. The SMILES string of the molecule is CCCON=CCCCCc1ccc2nc(N)n(C3=NC(C)CS3)c2c1. The average molecular weight is 374 g/mol. The summed E-state index contributed by atoms with van der Waals surface area (Å²) >= 11 is 1.74. The molecule has 7 heteroatoms. The Morgan fingerprint density at radius 2 is 2.31 bits per heavy atom. The van der Waals surface area contributed by atoms with E-state index in [2.05, 4.69) is 47.2 Å². The Labute approximate surface area is 158 Å². The summed E-state index contributed by atoms with van der Waals surface area (Å²) in [5.74, 6) is 1.51. The van der Waals surface area contributed by atoms with Gasteiger partial charge in [0.1, 0.15) is 6.61 Å². The molecule has 0 fully saturated rings. The van der Waals surface area contributed by atoms with E-state index in [-0.39, 0.29) is 0 Å². The number of nitrogen functional groups attached to an aromatic ring is 1. The molecule has 2 heterocycles. The highest BCUT2D eigenvalue weighted by molar-refractivity contribution is 8.14. The molecule has 1 unspecified atom stereocenters. The maximum atomic E-state index is 6.15. The summed E-state index contributed by atoms with van der Waals surface area (Å²) in [6, 6.07) is 6.73. The summed E-state index contributed by atoms with van der Waals surface area (Å²) in [5.41, 5.74) is 9.43. The van der Waals surface area contributed by atoms with Crippen molar-refractivity contribution in [3.8, 4) is 0 Å². The Balaban J connectivity index is 1.62. The van der Waals surface area contributed by atoms with Gasteiger partial charge in [-0.05, 0) is 56.7 Å². The number of unbranched alkanes of at least 4 members (excludes halogenated alkanes) is 2. The van der Waals surface area contributed by atoms with Crippen molar-refractivity contribution in [1.29, 1.82) is 0 Å². The van der Waals surface area contributed by atoms with Gasteiger partial charge in [0.05, 0.1) is 17.1 Å². The van der Waals surface area contributed by atoms with Gasteiger partial charge in [0.25, 0.3) is 0 Å². The molecule has 1 aliphatic heterocycles. The van der Waals surface area contributed by atoms with E-state index < -0.39 is 0 Å². The third-order valence-corrected chi connectivity index (χ3v) is 5.41. The normalized spacial score (nSPS) is 17.3. The first-order valence-corrected chi connectivity index (χ1v) is 10.3. The summed E-state index contributed by atoms with van der Waals surface area (Å²) in [7, 11) is 0. The zero-order valence-electron chi connectivity index (χ0n) is 15.5. The lowest BCUT2D eigenvalue weighted by Crippen LogP contribution is -2.09. The van der Waals surface area contributed by atoms with Gasteiger partial charge in [-0.3, -0.25) is 9.56 Å². The van der Waals surface area contributed by atoms with Crippen molar-refractivity contribution in [2.24, 2.45) is 10.1 Å². The first-order valence-electron chi connectivity index (χ1n) is 9.30. The molecule has 0 spiro atoms. The molecule has 0 aliphatic carbocycles. The van der Waals surface area contributed by atoms with E-state index in [1.54, 1.807) is 11.8 Å². The summed E-state index contributed by atoms with van der Waals surface area (Å²) in [5, 5.41) is 4.90. The molecule has 1 atom stereocenters. The van der Waals surface area contributed by atoms with Crippen LogP contribution in [0.1, 0.15) is 45.1 Å². The first-order chi connectivity index (χ1) is 12.7. The number of thioether (sulfide) groups is 1. The standard InChI is InChI=1S/C19H27N5OS/c1-3-11-25-21-10-6-4-5-7-15-8-9-16-17(12-15)24(18(20)23-16)19-22-14(2)13-26-19/h8-10,12,14H,3-7,11,13H2,1-2H3,(H2,20,23). The number of nitrogens with two attached hydrogens (primary N) is 1. The molecule has 1 aliphatic rings. The van der Waals surface area contributed by atoms with E-state index >= 15 is 0 Å². The number of hydrogen-bond acceptors (Lipinski definition) is 6. The molecule has 140 valence electrons. The number of hydrogen-bond donors (Lipinski definition) is 1. The highest BCUT2D eigenvalue weighted by Gasteiger charge is 2.20. The molecule has 1 aromatic heterocycles. The fraction of sp³-hybridized carbons (Fsp3) is 0.526. The van der Waals surface area contributed by atoms with Crippen molar-refractivity contribution in [3.63, 3.8) is 0 Å². The molecular formula is C19H27N5OS. The number of benzene rings is 1. The van der Waals surface area contributed by atoms with E-state index in [0.717, 1.165) is 54.1 Å². The Hall–Kier alpha value is -2.02. The lowest BCUT2D eigenvalue weighted by atomic mass is 10.1. The van der Waals surface area contributed by atoms with Crippen molar-refractivity contribution in [2.75, 3.05) is 18.1 Å². The number of aromatic nitrogens is 2. The van der Waals surface area contributed by atoms with E-state index in [0.29, 0.717) is 18.6 Å². The number of oxime groups is 1. The van der Waals surface area contributed by atoms with Crippen LogP contribution in [0.2, 0.25) is 0 Å². The van der Waals surface area contributed by atoms with Gasteiger partial charge in [0.15, 0.2) is 5.17 Å². The van der Waals surface area contributed by atoms with Crippen molar-refractivity contribution in [1.82, 2.24) is 9.55 Å². The van der Waals surface area contributed by atoms with Gasteiger partial charge in [-0.2, -0.15) is 0 Å². The molecule has 0 radical (unpaired) electrons. The predicted octanol–water partition coefficient (Wildman–Crippen LogP) is 4.08. The number of aryl methyl sites for hydroxylation is 1. The average Bonchev–Trinajstić information content (AvgIpc) is 3.19. The lowest BCUT2D eigenvalue weighted by molar-refractivity contribution is 0.146. The van der Waals surface area contributed by atoms with E-state index in [1.807, 2.05) is 10.8 Å². The van der Waals surface area contributed by atoms with E-state index in [4.69, 9.17) is 10.6 Å². The predicted molar refractivity (Wildman–Crippen MR) is 111 cm³/mol. The van der Waals surface area contributed by atoms with Gasteiger partial charge in [0.2, 0.25) is 5.95 Å². The Morgan fingerprint density at radius 3 is 3.08 bits per heavy atom. The van der Waals surface area contributed by atoms with Crippen molar-refractivity contribution < 1.29 is 4.84 Å². The molecule has 3 rings (SSSR count). The molecule has 26 heavy (non-hydrogen) atoms. The second-order valence-corrected chi connectivity index (χ2v) is 7.55. The smallest absolute Gasteiger partial charge is 0.207 e. The van der Waals surface area contributed by atoms with Gasteiger partial charge in [-0.15, -0.1) is 0 Å². The third kappa shape index (κ3) is 4.58. The van der Waals surface area contributed by atoms with Crippen LogP contribution in [0.5, 0.6) is 0 Å². The van der Waals surface area contributed by atoms with Crippen LogP contribution in [0, 0.1) is 0 Å². The van der Waals surface area contributed by atoms with Crippen LogP contribution in [0.25, 0.3) is 11.0 Å². The maximum Gasteiger partial charge on any atom is 0.207 e. The van der Waals surface area contributed by atoms with Crippen LogP contribution in [0.15, 0.2) is 28.3 Å². The molecule has 1 aromatic carbocycles. The fourth-order valence-electron chi connectivity index (χ4n) is 2.89. The number of fused-ring (bicyclic) bond motifs is 1. The maximum absolute atomic E-state index is 6.15. The summed E-state index contributed by atoms with van der Waals surface area (Å²) in [6.45, 7) is 4.89. The van der Waals surface area contributed by atoms with Crippen LogP contribution in [0.3, 0.4) is 0 Å². The van der Waals surface area contributed by atoms with Crippen LogP contribution in [-0.2, 0) is 11.3 Å². The Bertz CT molecular complexity index is 799. The minimum Gasteiger partial charge on any atom is -0.396 e. The van der Waals surface area contributed by atoms with Gasteiger partial charge < -0.3 is 10.6 Å².